The van der Waals surface area contributed by atoms with E-state index >= 15 is 0 Å². The Bertz CT molecular complexity index is 620. The number of aromatic hydroxyl groups is 1. The Morgan fingerprint density at radius 1 is 1.55 bits per heavy atom. The molecule has 0 aliphatic carbocycles. The van der Waals surface area contributed by atoms with Crippen LogP contribution in [0.5, 0.6) is 5.75 Å². The maximum atomic E-state index is 10.8. The number of phenolic OH excluding ortho intramolecular Hbond substituents is 1. The van der Waals surface area contributed by atoms with E-state index in [0.717, 1.165) is 11.1 Å². The van der Waals surface area contributed by atoms with Crippen LogP contribution in [-0.4, -0.2) is 33.0 Å². The highest BCUT2D eigenvalue weighted by Gasteiger charge is 2.24. The number of aliphatic carboxylic acids is 1. The van der Waals surface area contributed by atoms with Gasteiger partial charge in [0.25, 0.3) is 0 Å². The summed E-state index contributed by atoms with van der Waals surface area (Å²) in [5.41, 5.74) is 2.61. The molecule has 0 radical (unpaired) electrons. The quantitative estimate of drug-likeness (QED) is 0.836. The number of benzene rings is 1. The van der Waals surface area contributed by atoms with Gasteiger partial charge in [0.2, 0.25) is 0 Å². The van der Waals surface area contributed by atoms with E-state index in [2.05, 4.69) is 11.6 Å². The van der Waals surface area contributed by atoms with E-state index in [1.165, 1.54) is 11.8 Å². The molecule has 0 aromatic heterocycles. The van der Waals surface area contributed by atoms with Crippen molar-refractivity contribution in [2.24, 2.45) is 4.99 Å². The highest BCUT2D eigenvalue weighted by molar-refractivity contribution is 8.14. The molecule has 0 bridgehead atoms. The Labute approximate surface area is 121 Å². The van der Waals surface area contributed by atoms with Gasteiger partial charge in [0.1, 0.15) is 5.75 Å². The minimum Gasteiger partial charge on any atom is -0.508 e. The molecule has 2 rings (SSSR count). The number of aliphatic imine (C=N–C) groups is 1. The summed E-state index contributed by atoms with van der Waals surface area (Å²) in [4.78, 5) is 15.0. The van der Waals surface area contributed by atoms with Crippen molar-refractivity contribution < 1.29 is 15.0 Å². The number of carboxylic acid groups (broad SMARTS) is 1. The number of nitrogens with zero attached hydrogens (tertiary/aromatic N) is 1. The van der Waals surface area contributed by atoms with Crippen molar-refractivity contribution >= 4 is 28.9 Å². The SMILES string of the molecule is C=C(/C=C\c1cc(O)ccc1C)C1=NC(C(=O)O)CS1. The third-order valence-corrected chi connectivity index (χ3v) is 4.06. The van der Waals surface area contributed by atoms with Crippen molar-refractivity contribution in [3.8, 4) is 5.75 Å². The number of carbonyl (C=O) groups is 1. The van der Waals surface area contributed by atoms with Crippen molar-refractivity contribution in [1.82, 2.24) is 0 Å². The molecule has 0 saturated carbocycles. The average molecular weight is 289 g/mol. The van der Waals surface area contributed by atoms with Crippen LogP contribution in [0.15, 0.2) is 41.4 Å². The van der Waals surface area contributed by atoms with Crippen molar-refractivity contribution in [3.05, 3.63) is 47.6 Å². The number of thioether (sulfide) groups is 1. The molecule has 5 heteroatoms. The standard InChI is InChI=1S/C15H15NO3S/c1-9-4-6-12(17)7-11(9)5-3-10(2)14-16-13(8-20-14)15(18)19/h3-7,13,17H,2,8H2,1H3,(H,18,19)/b5-3-. The van der Waals surface area contributed by atoms with Crippen molar-refractivity contribution in [1.29, 1.82) is 0 Å². The van der Waals surface area contributed by atoms with E-state index in [4.69, 9.17) is 5.11 Å². The van der Waals surface area contributed by atoms with Crippen LogP contribution in [0.3, 0.4) is 0 Å². The predicted molar refractivity (Wildman–Crippen MR) is 82.3 cm³/mol. The topological polar surface area (TPSA) is 69.9 Å². The molecule has 0 spiro atoms. The molecule has 1 atom stereocenters. The van der Waals surface area contributed by atoms with E-state index in [1.807, 2.05) is 19.1 Å². The monoisotopic (exact) mass is 289 g/mol. The lowest BCUT2D eigenvalue weighted by atomic mass is 10.1. The molecule has 1 aliphatic rings. The average Bonchev–Trinajstić information content (AvgIpc) is 2.89. The summed E-state index contributed by atoms with van der Waals surface area (Å²) in [7, 11) is 0. The molecular weight excluding hydrogens is 274 g/mol. The largest absolute Gasteiger partial charge is 0.508 e. The molecule has 1 unspecified atom stereocenters. The maximum absolute atomic E-state index is 10.8. The molecule has 2 N–H and O–H groups in total. The second-order valence-corrected chi connectivity index (χ2v) is 5.51. The van der Waals surface area contributed by atoms with Crippen LogP contribution >= 0.6 is 11.8 Å². The molecular formula is C15H15NO3S. The van der Waals surface area contributed by atoms with Gasteiger partial charge >= 0.3 is 5.97 Å². The van der Waals surface area contributed by atoms with Crippen molar-refractivity contribution in [2.45, 2.75) is 13.0 Å². The van der Waals surface area contributed by atoms with Crippen LogP contribution in [0.1, 0.15) is 11.1 Å². The normalized spacial score (nSPS) is 18.2. The Kier molecular flexibility index (Phi) is 4.29. The molecule has 0 amide bonds. The molecule has 1 aliphatic heterocycles. The van der Waals surface area contributed by atoms with Crippen LogP contribution in [0.4, 0.5) is 0 Å². The Balaban J connectivity index is 2.12. The van der Waals surface area contributed by atoms with Crippen LogP contribution in [0.25, 0.3) is 6.08 Å². The molecule has 20 heavy (non-hydrogen) atoms. The lowest BCUT2D eigenvalue weighted by Gasteiger charge is -2.02. The number of phenols is 1. The number of rotatable bonds is 4. The zero-order valence-corrected chi connectivity index (χ0v) is 11.9. The fourth-order valence-electron chi connectivity index (χ4n) is 1.75. The van der Waals surface area contributed by atoms with Gasteiger partial charge < -0.3 is 10.2 Å². The van der Waals surface area contributed by atoms with E-state index in [-0.39, 0.29) is 5.75 Å². The molecule has 4 nitrogen and oxygen atoms in total. The van der Waals surface area contributed by atoms with Crippen molar-refractivity contribution in [2.75, 3.05) is 5.75 Å². The first kappa shape index (κ1) is 14.4. The third-order valence-electron chi connectivity index (χ3n) is 2.94. The van der Waals surface area contributed by atoms with E-state index < -0.39 is 12.0 Å². The van der Waals surface area contributed by atoms with Crippen LogP contribution < -0.4 is 0 Å². The van der Waals surface area contributed by atoms with Crippen LogP contribution in [0, 0.1) is 6.92 Å². The number of hydrogen-bond acceptors (Lipinski definition) is 4. The summed E-state index contributed by atoms with van der Waals surface area (Å²) < 4.78 is 0. The lowest BCUT2D eigenvalue weighted by Crippen LogP contribution is -2.17. The van der Waals surface area contributed by atoms with Gasteiger partial charge in [-0.05, 0) is 35.8 Å². The molecule has 1 aromatic carbocycles. The number of allylic oxidation sites excluding steroid dienone is 1. The summed E-state index contributed by atoms with van der Waals surface area (Å²) in [5, 5.41) is 19.0. The van der Waals surface area contributed by atoms with Gasteiger partial charge in [-0.15, -0.1) is 11.8 Å². The fourth-order valence-corrected chi connectivity index (χ4v) is 2.73. The first-order valence-electron chi connectivity index (χ1n) is 6.08. The molecule has 0 fully saturated rings. The van der Waals surface area contributed by atoms with Gasteiger partial charge in [0, 0.05) is 5.75 Å². The van der Waals surface area contributed by atoms with Crippen molar-refractivity contribution in [3.63, 3.8) is 0 Å². The van der Waals surface area contributed by atoms with Gasteiger partial charge in [-0.2, -0.15) is 0 Å². The van der Waals surface area contributed by atoms with Gasteiger partial charge in [0.05, 0.1) is 5.04 Å². The summed E-state index contributed by atoms with van der Waals surface area (Å²) in [5.74, 6) is -0.254. The maximum Gasteiger partial charge on any atom is 0.329 e. The molecule has 1 heterocycles. The zero-order chi connectivity index (χ0) is 14.7. The molecule has 0 saturated heterocycles. The third kappa shape index (κ3) is 3.30. The van der Waals surface area contributed by atoms with Crippen LogP contribution in [-0.2, 0) is 4.79 Å². The Hall–Kier alpha value is -2.01. The van der Waals surface area contributed by atoms with Gasteiger partial charge in [-0.3, -0.25) is 4.99 Å². The van der Waals surface area contributed by atoms with Gasteiger partial charge in [0.15, 0.2) is 6.04 Å². The minimum atomic E-state index is -0.909. The summed E-state index contributed by atoms with van der Waals surface area (Å²) in [6.07, 6.45) is 3.63. The Morgan fingerprint density at radius 3 is 2.95 bits per heavy atom. The highest BCUT2D eigenvalue weighted by atomic mass is 32.2. The zero-order valence-electron chi connectivity index (χ0n) is 11.0. The number of aryl methyl sites for hydroxylation is 1. The fraction of sp³-hybridized carbons (Fsp3) is 0.200. The predicted octanol–water partition coefficient (Wildman–Crippen LogP) is 2.87. The molecule has 104 valence electrons. The molecule has 1 aromatic rings. The first-order valence-corrected chi connectivity index (χ1v) is 7.06. The van der Waals surface area contributed by atoms with E-state index in [0.29, 0.717) is 16.4 Å². The van der Waals surface area contributed by atoms with E-state index in [1.54, 1.807) is 18.2 Å². The minimum absolute atomic E-state index is 0.208. The van der Waals surface area contributed by atoms with Gasteiger partial charge in [-0.1, -0.05) is 24.8 Å². The van der Waals surface area contributed by atoms with Crippen LogP contribution in [0.2, 0.25) is 0 Å². The summed E-state index contributed by atoms with van der Waals surface area (Å²) >= 11 is 1.40. The highest BCUT2D eigenvalue weighted by Crippen LogP contribution is 2.24. The number of hydrogen-bond donors (Lipinski definition) is 2. The summed E-state index contributed by atoms with van der Waals surface area (Å²) in [6, 6.07) is 4.46. The second-order valence-electron chi connectivity index (χ2n) is 4.50. The second kappa shape index (κ2) is 5.96. The van der Waals surface area contributed by atoms with Gasteiger partial charge in [-0.25, -0.2) is 4.79 Å². The lowest BCUT2D eigenvalue weighted by molar-refractivity contribution is -0.137. The Morgan fingerprint density at radius 2 is 2.30 bits per heavy atom. The summed E-state index contributed by atoms with van der Waals surface area (Å²) in [6.45, 7) is 5.85. The first-order chi connectivity index (χ1) is 9.47. The van der Waals surface area contributed by atoms with E-state index in [9.17, 15) is 9.90 Å². The smallest absolute Gasteiger partial charge is 0.329 e. The number of carboxylic acids is 1.